The van der Waals surface area contributed by atoms with Crippen LogP contribution in [-0.4, -0.2) is 26.5 Å². The fourth-order valence-electron chi connectivity index (χ4n) is 4.05. The van der Waals surface area contributed by atoms with Gasteiger partial charge in [-0.3, -0.25) is 4.79 Å². The smallest absolute Gasteiger partial charge is 0.241 e. The fraction of sp³-hybridized carbons (Fsp3) is 0.409. The first-order chi connectivity index (χ1) is 13.6. The zero-order valence-corrected chi connectivity index (χ0v) is 17.8. The van der Waals surface area contributed by atoms with E-state index in [1.807, 2.05) is 39.0 Å². The number of aryl methyl sites for hydroxylation is 1. The van der Waals surface area contributed by atoms with E-state index in [1.165, 1.54) is 0 Å². The predicted octanol–water partition coefficient (Wildman–Crippen LogP) is 3.70. The molecular weight excluding hydrogens is 388 g/mol. The molecule has 0 saturated carbocycles. The van der Waals surface area contributed by atoms with Crippen molar-refractivity contribution in [2.24, 2.45) is 0 Å². The van der Waals surface area contributed by atoms with Crippen LogP contribution in [0, 0.1) is 6.92 Å². The monoisotopic (exact) mass is 414 g/mol. The van der Waals surface area contributed by atoms with Crippen molar-refractivity contribution < 1.29 is 17.9 Å². The molecule has 0 spiro atoms. The molecule has 7 heteroatoms. The van der Waals surface area contributed by atoms with Crippen molar-refractivity contribution in [3.05, 3.63) is 53.6 Å². The van der Waals surface area contributed by atoms with E-state index in [0.717, 1.165) is 29.0 Å². The minimum atomic E-state index is -3.73. The maximum atomic E-state index is 13.1. The van der Waals surface area contributed by atoms with Crippen LogP contribution < -0.4 is 14.4 Å². The zero-order valence-electron chi connectivity index (χ0n) is 16.9. The molecule has 154 valence electrons. The van der Waals surface area contributed by atoms with E-state index in [2.05, 4.69) is 4.72 Å². The average Bonchev–Trinajstić information content (AvgIpc) is 3.06. The lowest BCUT2D eigenvalue weighted by molar-refractivity contribution is -0.117. The molecule has 2 aliphatic heterocycles. The van der Waals surface area contributed by atoms with Gasteiger partial charge in [-0.2, -0.15) is 0 Å². The van der Waals surface area contributed by atoms with Gasteiger partial charge in [-0.05, 0) is 63.1 Å². The molecule has 1 fully saturated rings. The third kappa shape index (κ3) is 4.02. The van der Waals surface area contributed by atoms with Crippen LogP contribution in [0.1, 0.15) is 50.3 Å². The summed E-state index contributed by atoms with van der Waals surface area (Å²) in [5, 5.41) is 0. The first kappa shape index (κ1) is 19.9. The lowest BCUT2D eigenvalue weighted by Gasteiger charge is -2.38. The minimum absolute atomic E-state index is 0.0788. The number of amides is 1. The molecule has 1 N–H and O–H groups in total. The van der Waals surface area contributed by atoms with Gasteiger partial charge in [-0.25, -0.2) is 13.1 Å². The summed E-state index contributed by atoms with van der Waals surface area (Å²) in [6, 6.07) is 12.0. The van der Waals surface area contributed by atoms with Crippen LogP contribution in [0.2, 0.25) is 0 Å². The van der Waals surface area contributed by atoms with E-state index >= 15 is 0 Å². The van der Waals surface area contributed by atoms with E-state index in [1.54, 1.807) is 29.2 Å². The summed E-state index contributed by atoms with van der Waals surface area (Å²) in [4.78, 5) is 13.8. The molecule has 4 rings (SSSR count). The standard InChI is InChI=1S/C22H26N2O4S/c1-15-6-11-18-19(14-22(2,3)28-20(18)13-15)23-29(26,27)17-9-7-16(8-10-17)24-12-4-5-21(24)25/h6-11,13,19,23H,4-5,12,14H2,1-3H3/t19-/m0/s1. The van der Waals surface area contributed by atoms with Crippen LogP contribution in [0.3, 0.4) is 0 Å². The Balaban J connectivity index is 1.59. The Morgan fingerprint density at radius 2 is 1.86 bits per heavy atom. The van der Waals surface area contributed by atoms with Crippen LogP contribution >= 0.6 is 0 Å². The SMILES string of the molecule is Cc1ccc2c(c1)OC(C)(C)C[C@@H]2NS(=O)(=O)c1ccc(N2CCCC2=O)cc1. The van der Waals surface area contributed by atoms with Crippen LogP contribution in [0.5, 0.6) is 5.75 Å². The number of fused-ring (bicyclic) bond motifs is 1. The maximum Gasteiger partial charge on any atom is 0.241 e. The number of nitrogens with one attached hydrogen (secondary N) is 1. The molecule has 6 nitrogen and oxygen atoms in total. The highest BCUT2D eigenvalue weighted by atomic mass is 32.2. The van der Waals surface area contributed by atoms with Gasteiger partial charge in [0.15, 0.2) is 0 Å². The maximum absolute atomic E-state index is 13.1. The Hall–Kier alpha value is -2.38. The Bertz CT molecular complexity index is 1040. The first-order valence-electron chi connectivity index (χ1n) is 9.87. The number of rotatable bonds is 4. The van der Waals surface area contributed by atoms with Crippen molar-refractivity contribution in [1.82, 2.24) is 4.72 Å². The van der Waals surface area contributed by atoms with E-state index in [0.29, 0.717) is 19.4 Å². The molecule has 0 unspecified atom stereocenters. The molecule has 1 saturated heterocycles. The third-order valence-corrected chi connectivity index (χ3v) is 6.94. The highest BCUT2D eigenvalue weighted by molar-refractivity contribution is 7.89. The predicted molar refractivity (Wildman–Crippen MR) is 112 cm³/mol. The number of nitrogens with zero attached hydrogens (tertiary/aromatic N) is 1. The molecule has 0 bridgehead atoms. The number of hydrogen-bond donors (Lipinski definition) is 1. The largest absolute Gasteiger partial charge is 0.487 e. The molecule has 29 heavy (non-hydrogen) atoms. The minimum Gasteiger partial charge on any atom is -0.487 e. The summed E-state index contributed by atoms with van der Waals surface area (Å²) in [5.74, 6) is 0.798. The average molecular weight is 415 g/mol. The van der Waals surface area contributed by atoms with Crippen molar-refractivity contribution in [3.63, 3.8) is 0 Å². The third-order valence-electron chi connectivity index (χ3n) is 5.46. The van der Waals surface area contributed by atoms with Gasteiger partial charge in [-0.1, -0.05) is 12.1 Å². The summed E-state index contributed by atoms with van der Waals surface area (Å²) in [6.45, 7) is 6.58. The summed E-state index contributed by atoms with van der Waals surface area (Å²) in [7, 11) is -3.73. The second-order valence-corrected chi connectivity index (χ2v) is 10.1. The number of carbonyl (C=O) groups excluding carboxylic acids is 1. The number of carbonyl (C=O) groups is 1. The summed E-state index contributed by atoms with van der Waals surface area (Å²) >= 11 is 0. The fourth-order valence-corrected chi connectivity index (χ4v) is 5.26. The van der Waals surface area contributed by atoms with Gasteiger partial charge in [0.2, 0.25) is 15.9 Å². The highest BCUT2D eigenvalue weighted by Gasteiger charge is 2.36. The van der Waals surface area contributed by atoms with Crippen LogP contribution in [0.15, 0.2) is 47.4 Å². The number of sulfonamides is 1. The molecule has 2 aromatic carbocycles. The van der Waals surface area contributed by atoms with Gasteiger partial charge in [0.1, 0.15) is 11.4 Å². The van der Waals surface area contributed by atoms with Gasteiger partial charge in [0.25, 0.3) is 0 Å². The van der Waals surface area contributed by atoms with Crippen molar-refractivity contribution in [3.8, 4) is 5.75 Å². The summed E-state index contributed by atoms with van der Waals surface area (Å²) < 4.78 is 35.0. The molecule has 1 atom stereocenters. The van der Waals surface area contributed by atoms with E-state index in [4.69, 9.17) is 4.74 Å². The molecule has 1 amide bonds. The van der Waals surface area contributed by atoms with Gasteiger partial charge in [-0.15, -0.1) is 0 Å². The second-order valence-electron chi connectivity index (χ2n) is 8.42. The molecular formula is C22H26N2O4S. The van der Waals surface area contributed by atoms with Gasteiger partial charge in [0, 0.05) is 30.6 Å². The van der Waals surface area contributed by atoms with Crippen molar-refractivity contribution in [2.45, 2.75) is 56.6 Å². The van der Waals surface area contributed by atoms with Crippen LogP contribution in [0.25, 0.3) is 0 Å². The topological polar surface area (TPSA) is 75.7 Å². The normalized spacial score (nSPS) is 21.0. The Morgan fingerprint density at radius 3 is 2.52 bits per heavy atom. The lowest BCUT2D eigenvalue weighted by Crippen LogP contribution is -2.41. The van der Waals surface area contributed by atoms with Crippen molar-refractivity contribution in [1.29, 1.82) is 0 Å². The molecule has 0 radical (unpaired) electrons. The summed E-state index contributed by atoms with van der Waals surface area (Å²) in [5.41, 5.74) is 2.17. The highest BCUT2D eigenvalue weighted by Crippen LogP contribution is 2.40. The first-order valence-corrected chi connectivity index (χ1v) is 11.4. The molecule has 0 aromatic heterocycles. The van der Waals surface area contributed by atoms with E-state index < -0.39 is 15.6 Å². The second kappa shape index (κ2) is 7.15. The molecule has 2 heterocycles. The molecule has 2 aliphatic rings. The lowest BCUT2D eigenvalue weighted by atomic mass is 9.90. The van der Waals surface area contributed by atoms with Crippen molar-refractivity contribution >= 4 is 21.6 Å². The Kier molecular flexibility index (Phi) is 4.91. The number of benzene rings is 2. The number of anilines is 1. The van der Waals surface area contributed by atoms with Gasteiger partial charge < -0.3 is 9.64 Å². The van der Waals surface area contributed by atoms with E-state index in [-0.39, 0.29) is 16.8 Å². The Morgan fingerprint density at radius 1 is 1.14 bits per heavy atom. The quantitative estimate of drug-likeness (QED) is 0.828. The Labute approximate surface area is 171 Å². The summed E-state index contributed by atoms with van der Waals surface area (Å²) in [6.07, 6.45) is 1.90. The van der Waals surface area contributed by atoms with Crippen LogP contribution in [0.4, 0.5) is 5.69 Å². The van der Waals surface area contributed by atoms with Gasteiger partial charge >= 0.3 is 0 Å². The van der Waals surface area contributed by atoms with Crippen molar-refractivity contribution in [2.75, 3.05) is 11.4 Å². The number of ether oxygens (including phenoxy) is 1. The molecule has 2 aromatic rings. The molecule has 0 aliphatic carbocycles. The number of hydrogen-bond acceptors (Lipinski definition) is 4. The van der Waals surface area contributed by atoms with Gasteiger partial charge in [0.05, 0.1) is 10.9 Å². The van der Waals surface area contributed by atoms with Crippen LogP contribution in [-0.2, 0) is 14.8 Å². The zero-order chi connectivity index (χ0) is 20.8. The van der Waals surface area contributed by atoms with E-state index in [9.17, 15) is 13.2 Å².